The summed E-state index contributed by atoms with van der Waals surface area (Å²) in [5.41, 5.74) is 0.444. The minimum atomic E-state index is -1.01. The topological polar surface area (TPSA) is 127 Å². The summed E-state index contributed by atoms with van der Waals surface area (Å²) < 4.78 is 1.34. The molecule has 24 heavy (non-hydrogen) atoms. The van der Waals surface area contributed by atoms with Crippen molar-refractivity contribution in [3.63, 3.8) is 0 Å². The van der Waals surface area contributed by atoms with E-state index in [-0.39, 0.29) is 11.4 Å². The summed E-state index contributed by atoms with van der Waals surface area (Å²) in [6.45, 7) is 3.09. The second-order valence-electron chi connectivity index (χ2n) is 5.31. The smallest absolute Gasteiger partial charge is 0.308 e. The first-order valence-corrected chi connectivity index (χ1v) is 7.13. The zero-order valence-corrected chi connectivity index (χ0v) is 13.0. The lowest BCUT2D eigenvalue weighted by atomic mass is 10.0. The van der Waals surface area contributed by atoms with Crippen molar-refractivity contribution in [3.8, 4) is 5.69 Å². The number of hydrogen-bond acceptors (Lipinski definition) is 5. The number of nitrogens with one attached hydrogen (secondary N) is 1. The van der Waals surface area contributed by atoms with E-state index < -0.39 is 28.8 Å². The number of hydrogen-bond donors (Lipinski definition) is 2. The van der Waals surface area contributed by atoms with Crippen molar-refractivity contribution in [1.82, 2.24) is 15.1 Å². The van der Waals surface area contributed by atoms with Crippen LogP contribution in [0.4, 0.5) is 5.69 Å². The Morgan fingerprint density at radius 1 is 1.33 bits per heavy atom. The fourth-order valence-electron chi connectivity index (χ4n) is 1.96. The molecular weight excluding hydrogens is 316 g/mol. The van der Waals surface area contributed by atoms with Crippen molar-refractivity contribution in [2.45, 2.75) is 19.9 Å². The fourth-order valence-corrected chi connectivity index (χ4v) is 1.96. The third-order valence-corrected chi connectivity index (χ3v) is 3.63. The molecule has 0 fully saturated rings. The number of carboxylic acids is 1. The van der Waals surface area contributed by atoms with Gasteiger partial charge in [-0.05, 0) is 26.0 Å². The van der Waals surface area contributed by atoms with Crippen LogP contribution < -0.4 is 5.32 Å². The van der Waals surface area contributed by atoms with Gasteiger partial charge in [0, 0.05) is 24.4 Å². The summed E-state index contributed by atoms with van der Waals surface area (Å²) >= 11 is 0. The van der Waals surface area contributed by atoms with Gasteiger partial charge in [0.15, 0.2) is 5.69 Å². The summed E-state index contributed by atoms with van der Waals surface area (Å²) in [5.74, 6) is -2.27. The Morgan fingerprint density at radius 3 is 2.67 bits per heavy atom. The fraction of sp³-hybridized carbons (Fsp3) is 0.267. The highest BCUT2D eigenvalue weighted by Gasteiger charge is 2.22. The minimum absolute atomic E-state index is 0.0853. The number of carboxylic acid groups (broad SMARTS) is 1. The molecule has 1 aromatic heterocycles. The maximum absolute atomic E-state index is 12.1. The molecule has 9 heteroatoms. The van der Waals surface area contributed by atoms with E-state index >= 15 is 0 Å². The van der Waals surface area contributed by atoms with Crippen LogP contribution in [0.5, 0.6) is 0 Å². The molecule has 2 atom stereocenters. The highest BCUT2D eigenvalue weighted by atomic mass is 16.6. The molecule has 2 aromatic rings. The molecule has 2 rings (SSSR count). The van der Waals surface area contributed by atoms with E-state index in [0.29, 0.717) is 5.69 Å². The zero-order valence-electron chi connectivity index (χ0n) is 13.0. The van der Waals surface area contributed by atoms with Gasteiger partial charge in [0.2, 0.25) is 0 Å². The van der Waals surface area contributed by atoms with Crippen LogP contribution in [-0.2, 0) is 4.79 Å². The van der Waals surface area contributed by atoms with Gasteiger partial charge in [-0.15, -0.1) is 0 Å². The molecule has 2 N–H and O–H groups in total. The quantitative estimate of drug-likeness (QED) is 0.611. The van der Waals surface area contributed by atoms with Crippen LogP contribution in [0.25, 0.3) is 5.69 Å². The highest BCUT2D eigenvalue weighted by Crippen LogP contribution is 2.16. The Kier molecular flexibility index (Phi) is 4.93. The van der Waals surface area contributed by atoms with Crippen LogP contribution in [0.2, 0.25) is 0 Å². The van der Waals surface area contributed by atoms with Crippen LogP contribution in [0, 0.1) is 16.0 Å². The van der Waals surface area contributed by atoms with E-state index in [0.717, 1.165) is 0 Å². The maximum Gasteiger partial charge on any atom is 0.308 e. The minimum Gasteiger partial charge on any atom is -0.481 e. The molecule has 0 aliphatic heterocycles. The number of nitro benzene ring substituents is 1. The highest BCUT2D eigenvalue weighted by molar-refractivity contribution is 5.92. The van der Waals surface area contributed by atoms with Crippen molar-refractivity contribution >= 4 is 17.6 Å². The molecule has 0 aliphatic carbocycles. The first kappa shape index (κ1) is 17.1. The van der Waals surface area contributed by atoms with Crippen LogP contribution >= 0.6 is 0 Å². The van der Waals surface area contributed by atoms with E-state index in [1.165, 1.54) is 42.1 Å². The van der Waals surface area contributed by atoms with Crippen molar-refractivity contribution < 1.29 is 19.6 Å². The summed E-state index contributed by atoms with van der Waals surface area (Å²) in [7, 11) is 0. The lowest BCUT2D eigenvalue weighted by Gasteiger charge is -2.16. The lowest BCUT2D eigenvalue weighted by Crippen LogP contribution is -2.40. The molecule has 2 unspecified atom stereocenters. The van der Waals surface area contributed by atoms with Gasteiger partial charge in [-0.3, -0.25) is 19.7 Å². The molecule has 0 spiro atoms. The number of carbonyl (C=O) groups is 2. The van der Waals surface area contributed by atoms with E-state index in [9.17, 15) is 19.7 Å². The third kappa shape index (κ3) is 3.75. The molecule has 1 heterocycles. The zero-order chi connectivity index (χ0) is 17.9. The van der Waals surface area contributed by atoms with Crippen LogP contribution in [0.1, 0.15) is 24.3 Å². The number of aromatic nitrogens is 2. The van der Waals surface area contributed by atoms with E-state index in [1.807, 2.05) is 0 Å². The Bertz CT molecular complexity index is 786. The van der Waals surface area contributed by atoms with Gasteiger partial charge in [0.05, 0.1) is 16.5 Å². The predicted molar refractivity (Wildman–Crippen MR) is 83.9 cm³/mol. The molecule has 0 saturated carbocycles. The maximum atomic E-state index is 12.1. The number of non-ortho nitro benzene ring substituents is 1. The molecule has 1 aromatic carbocycles. The Hall–Kier alpha value is -3.23. The molecule has 9 nitrogen and oxygen atoms in total. The molecule has 0 aliphatic rings. The molecule has 126 valence electrons. The molecular formula is C15H16N4O5. The normalized spacial score (nSPS) is 13.1. The SMILES string of the molecule is CC(NC(=O)c1ccn(-c2cccc([N+](=O)[O-])c2)n1)C(C)C(=O)O. The third-order valence-electron chi connectivity index (χ3n) is 3.63. The van der Waals surface area contributed by atoms with Gasteiger partial charge < -0.3 is 10.4 Å². The molecule has 0 bridgehead atoms. The van der Waals surface area contributed by atoms with Crippen molar-refractivity contribution in [2.75, 3.05) is 0 Å². The van der Waals surface area contributed by atoms with E-state index in [1.54, 1.807) is 13.0 Å². The number of amides is 1. The average molecular weight is 332 g/mol. The second kappa shape index (κ2) is 6.90. The Balaban J connectivity index is 2.15. The van der Waals surface area contributed by atoms with Crippen LogP contribution in [0.15, 0.2) is 36.5 Å². The van der Waals surface area contributed by atoms with Crippen molar-refractivity contribution in [2.24, 2.45) is 5.92 Å². The summed E-state index contributed by atoms with van der Waals surface area (Å²) in [5, 5.41) is 26.4. The number of benzene rings is 1. The second-order valence-corrected chi connectivity index (χ2v) is 5.31. The largest absolute Gasteiger partial charge is 0.481 e. The predicted octanol–water partition coefficient (Wildman–Crippen LogP) is 1.62. The average Bonchev–Trinajstić information content (AvgIpc) is 3.04. The van der Waals surface area contributed by atoms with Crippen molar-refractivity contribution in [1.29, 1.82) is 0 Å². The lowest BCUT2D eigenvalue weighted by molar-refractivity contribution is -0.384. The molecule has 1 amide bonds. The number of nitrogens with zero attached hydrogens (tertiary/aromatic N) is 3. The Labute approximate surface area is 137 Å². The van der Waals surface area contributed by atoms with E-state index in [2.05, 4.69) is 10.4 Å². The molecule has 0 radical (unpaired) electrons. The van der Waals surface area contributed by atoms with Gasteiger partial charge in [0.1, 0.15) is 0 Å². The molecule has 0 saturated heterocycles. The number of rotatable bonds is 6. The first-order valence-electron chi connectivity index (χ1n) is 7.13. The standard InChI is InChI=1S/C15H16N4O5/c1-9(15(21)22)10(2)16-14(20)13-6-7-18(17-13)11-4-3-5-12(8-11)19(23)24/h3-10H,1-2H3,(H,16,20)(H,21,22). The summed E-state index contributed by atoms with van der Waals surface area (Å²) in [6, 6.07) is 6.71. The number of nitro groups is 1. The van der Waals surface area contributed by atoms with Gasteiger partial charge in [-0.1, -0.05) is 6.07 Å². The van der Waals surface area contributed by atoms with Gasteiger partial charge in [0.25, 0.3) is 11.6 Å². The summed E-state index contributed by atoms with van der Waals surface area (Å²) in [4.78, 5) is 33.3. The monoisotopic (exact) mass is 332 g/mol. The number of carbonyl (C=O) groups excluding carboxylic acids is 1. The van der Waals surface area contributed by atoms with Crippen molar-refractivity contribution in [3.05, 3.63) is 52.3 Å². The van der Waals surface area contributed by atoms with Crippen LogP contribution in [-0.4, -0.2) is 37.7 Å². The Morgan fingerprint density at radius 2 is 2.04 bits per heavy atom. The van der Waals surface area contributed by atoms with Gasteiger partial charge in [-0.25, -0.2) is 4.68 Å². The number of aliphatic carboxylic acids is 1. The van der Waals surface area contributed by atoms with Crippen LogP contribution in [0.3, 0.4) is 0 Å². The first-order chi connectivity index (χ1) is 11.3. The summed E-state index contributed by atoms with van der Waals surface area (Å²) in [6.07, 6.45) is 1.50. The van der Waals surface area contributed by atoms with Gasteiger partial charge in [-0.2, -0.15) is 5.10 Å². The van der Waals surface area contributed by atoms with E-state index in [4.69, 9.17) is 5.11 Å². The van der Waals surface area contributed by atoms with Gasteiger partial charge >= 0.3 is 5.97 Å².